The highest BCUT2D eigenvalue weighted by atomic mass is 35.5. The van der Waals surface area contributed by atoms with Gasteiger partial charge in [-0.3, -0.25) is 0 Å². The molecule has 0 spiro atoms. The maximum atomic E-state index is 12.1. The fraction of sp³-hybridized carbons (Fsp3) is 1.00. The lowest BCUT2D eigenvalue weighted by Gasteiger charge is -2.23. The average Bonchev–Trinajstić information content (AvgIpc) is 2.38. The zero-order valence-electron chi connectivity index (χ0n) is 10.5. The molecule has 1 aliphatic rings. The highest BCUT2D eigenvalue weighted by molar-refractivity contribution is 7.89. The molecule has 17 heavy (non-hydrogen) atoms. The van der Waals surface area contributed by atoms with Gasteiger partial charge in [-0.2, -0.15) is 0 Å². The molecule has 1 heterocycles. The molecule has 102 valence electrons. The third-order valence-electron chi connectivity index (χ3n) is 3.17. The second-order valence-electron chi connectivity index (χ2n) is 5.29. The molecule has 1 aliphatic heterocycles. The maximum Gasteiger partial charge on any atom is 0.214 e. The summed E-state index contributed by atoms with van der Waals surface area (Å²) in [7, 11) is -3.23. The molecular formula is C11H22ClNO3S. The van der Waals surface area contributed by atoms with E-state index in [2.05, 4.69) is 0 Å². The van der Waals surface area contributed by atoms with Crippen LogP contribution < -0.4 is 0 Å². The lowest BCUT2D eigenvalue weighted by atomic mass is 9.98. The first kappa shape index (κ1) is 15.2. The molecule has 1 N–H and O–H groups in total. The van der Waals surface area contributed by atoms with Crippen LogP contribution >= 0.6 is 11.6 Å². The molecule has 0 saturated carbocycles. The summed E-state index contributed by atoms with van der Waals surface area (Å²) in [6.07, 6.45) is 1.87. The number of nitrogens with zero attached hydrogens (tertiary/aromatic N) is 1. The number of alkyl halides is 1. The summed E-state index contributed by atoms with van der Waals surface area (Å²) < 4.78 is 25.7. The van der Waals surface area contributed by atoms with Crippen molar-refractivity contribution < 1.29 is 13.5 Å². The normalized spacial score (nSPS) is 29.9. The largest absolute Gasteiger partial charge is 0.390 e. The van der Waals surface area contributed by atoms with Crippen molar-refractivity contribution in [1.82, 2.24) is 4.31 Å². The molecule has 1 saturated heterocycles. The monoisotopic (exact) mass is 283 g/mol. The van der Waals surface area contributed by atoms with Gasteiger partial charge in [-0.25, -0.2) is 12.7 Å². The van der Waals surface area contributed by atoms with Crippen molar-refractivity contribution in [1.29, 1.82) is 0 Å². The van der Waals surface area contributed by atoms with Crippen LogP contribution in [0.2, 0.25) is 0 Å². The van der Waals surface area contributed by atoms with Crippen molar-refractivity contribution in [2.75, 3.05) is 24.7 Å². The van der Waals surface area contributed by atoms with Crippen LogP contribution in [0.3, 0.4) is 0 Å². The number of aliphatic hydroxyl groups is 1. The van der Waals surface area contributed by atoms with E-state index in [0.717, 1.165) is 0 Å². The summed E-state index contributed by atoms with van der Waals surface area (Å²) >= 11 is 5.65. The van der Waals surface area contributed by atoms with E-state index in [1.807, 2.05) is 6.92 Å². The Balaban J connectivity index is 2.66. The molecule has 0 aliphatic carbocycles. The molecular weight excluding hydrogens is 262 g/mol. The van der Waals surface area contributed by atoms with Gasteiger partial charge >= 0.3 is 0 Å². The third-order valence-corrected chi connectivity index (χ3v) is 5.84. The van der Waals surface area contributed by atoms with E-state index in [9.17, 15) is 13.5 Å². The van der Waals surface area contributed by atoms with Crippen LogP contribution in [0, 0.1) is 5.92 Å². The van der Waals surface area contributed by atoms with Gasteiger partial charge in [0.2, 0.25) is 10.0 Å². The van der Waals surface area contributed by atoms with Crippen molar-refractivity contribution in [2.45, 2.75) is 38.7 Å². The molecule has 0 amide bonds. The highest BCUT2D eigenvalue weighted by Crippen LogP contribution is 2.23. The Labute approximate surface area is 109 Å². The van der Waals surface area contributed by atoms with E-state index >= 15 is 0 Å². The fourth-order valence-electron chi connectivity index (χ4n) is 2.03. The van der Waals surface area contributed by atoms with E-state index in [-0.39, 0.29) is 11.7 Å². The Hall–Kier alpha value is 0.160. The Morgan fingerprint density at radius 3 is 2.65 bits per heavy atom. The molecule has 0 aromatic heterocycles. The first-order valence-corrected chi connectivity index (χ1v) is 8.17. The SMILES string of the molecule is CC(CCl)CS(=O)(=O)N1CCCC(C)(O)CC1. The summed E-state index contributed by atoms with van der Waals surface area (Å²) in [5.74, 6) is 0.411. The maximum absolute atomic E-state index is 12.1. The van der Waals surface area contributed by atoms with Crippen LogP contribution in [0.15, 0.2) is 0 Å². The van der Waals surface area contributed by atoms with Crippen LogP contribution in [-0.4, -0.2) is 48.2 Å². The van der Waals surface area contributed by atoms with Crippen molar-refractivity contribution in [3.63, 3.8) is 0 Å². The Kier molecular flexibility index (Phi) is 5.25. The summed E-state index contributed by atoms with van der Waals surface area (Å²) in [5.41, 5.74) is -0.734. The highest BCUT2D eigenvalue weighted by Gasteiger charge is 2.31. The van der Waals surface area contributed by atoms with Gasteiger partial charge in [0.1, 0.15) is 0 Å². The van der Waals surface area contributed by atoms with Crippen LogP contribution in [0.1, 0.15) is 33.1 Å². The Morgan fingerprint density at radius 1 is 1.41 bits per heavy atom. The van der Waals surface area contributed by atoms with Gasteiger partial charge in [-0.15, -0.1) is 11.6 Å². The van der Waals surface area contributed by atoms with E-state index in [1.165, 1.54) is 4.31 Å². The predicted molar refractivity (Wildman–Crippen MR) is 69.7 cm³/mol. The summed E-state index contributed by atoms with van der Waals surface area (Å²) in [6, 6.07) is 0. The number of halogens is 1. The molecule has 6 heteroatoms. The molecule has 0 aromatic carbocycles. The standard InChI is InChI=1S/C11H22ClNO3S/c1-10(8-12)9-17(15,16)13-6-3-4-11(2,14)5-7-13/h10,14H,3-9H2,1-2H3. The van der Waals surface area contributed by atoms with Gasteiger partial charge < -0.3 is 5.11 Å². The van der Waals surface area contributed by atoms with Crippen LogP contribution in [0.25, 0.3) is 0 Å². The Bertz CT molecular complexity index is 343. The first-order chi connectivity index (χ1) is 7.77. The van der Waals surface area contributed by atoms with Gasteiger partial charge in [0.25, 0.3) is 0 Å². The van der Waals surface area contributed by atoms with E-state index in [0.29, 0.717) is 38.2 Å². The molecule has 1 fully saturated rings. The van der Waals surface area contributed by atoms with Gasteiger partial charge in [0.05, 0.1) is 11.4 Å². The minimum atomic E-state index is -3.23. The second kappa shape index (κ2) is 5.87. The molecule has 2 atom stereocenters. The second-order valence-corrected chi connectivity index (χ2v) is 7.61. The molecule has 0 radical (unpaired) electrons. The lowest BCUT2D eigenvalue weighted by Crippen LogP contribution is -2.36. The van der Waals surface area contributed by atoms with Crippen molar-refractivity contribution in [3.8, 4) is 0 Å². The quantitative estimate of drug-likeness (QED) is 0.794. The number of hydrogen-bond donors (Lipinski definition) is 1. The van der Waals surface area contributed by atoms with E-state index in [1.54, 1.807) is 6.92 Å². The van der Waals surface area contributed by atoms with E-state index in [4.69, 9.17) is 11.6 Å². The zero-order valence-corrected chi connectivity index (χ0v) is 12.1. The topological polar surface area (TPSA) is 57.6 Å². The van der Waals surface area contributed by atoms with Crippen molar-refractivity contribution in [3.05, 3.63) is 0 Å². The summed E-state index contributed by atoms with van der Waals surface area (Å²) in [6.45, 7) is 4.51. The van der Waals surface area contributed by atoms with Crippen LogP contribution in [0.4, 0.5) is 0 Å². The number of sulfonamides is 1. The molecule has 2 unspecified atom stereocenters. The molecule has 1 rings (SSSR count). The van der Waals surface area contributed by atoms with Crippen LogP contribution in [-0.2, 0) is 10.0 Å². The van der Waals surface area contributed by atoms with Crippen molar-refractivity contribution in [2.24, 2.45) is 5.92 Å². The Morgan fingerprint density at radius 2 is 2.06 bits per heavy atom. The number of rotatable bonds is 4. The minimum Gasteiger partial charge on any atom is -0.390 e. The summed E-state index contributed by atoms with van der Waals surface area (Å²) in [4.78, 5) is 0. The average molecular weight is 284 g/mol. The third kappa shape index (κ3) is 4.73. The van der Waals surface area contributed by atoms with E-state index < -0.39 is 15.6 Å². The minimum absolute atomic E-state index is 0.0366. The predicted octanol–water partition coefficient (Wildman–Crippen LogP) is 1.43. The molecule has 0 aromatic rings. The fourth-order valence-corrected chi connectivity index (χ4v) is 4.09. The lowest BCUT2D eigenvalue weighted by molar-refractivity contribution is 0.0465. The smallest absolute Gasteiger partial charge is 0.214 e. The van der Waals surface area contributed by atoms with Crippen LogP contribution in [0.5, 0.6) is 0 Å². The van der Waals surface area contributed by atoms with Gasteiger partial charge in [0.15, 0.2) is 0 Å². The first-order valence-electron chi connectivity index (χ1n) is 6.03. The molecule has 4 nitrogen and oxygen atoms in total. The number of hydrogen-bond acceptors (Lipinski definition) is 3. The molecule has 0 bridgehead atoms. The summed E-state index contributed by atoms with van der Waals surface area (Å²) in [5, 5.41) is 9.92. The van der Waals surface area contributed by atoms with Gasteiger partial charge in [0, 0.05) is 19.0 Å². The van der Waals surface area contributed by atoms with Gasteiger partial charge in [-0.1, -0.05) is 6.92 Å². The van der Waals surface area contributed by atoms with Crippen molar-refractivity contribution >= 4 is 21.6 Å². The van der Waals surface area contributed by atoms with Gasteiger partial charge in [-0.05, 0) is 32.1 Å². The zero-order chi connectivity index (χ0) is 13.1.